The number of fused-ring (bicyclic) bond motifs is 1. The molecule has 2 N–H and O–H groups in total. The van der Waals surface area contributed by atoms with Gasteiger partial charge >= 0.3 is 12.2 Å². The molecular weight excluding hydrogens is 369 g/mol. The molecule has 0 atom stereocenters. The van der Waals surface area contributed by atoms with Crippen LogP contribution in [0.2, 0.25) is 0 Å². The van der Waals surface area contributed by atoms with E-state index in [4.69, 9.17) is 0 Å². The number of nitrogens with one attached hydrogen (secondary N) is 2. The Morgan fingerprint density at radius 3 is 2.50 bits per heavy atom. The van der Waals surface area contributed by atoms with Crippen LogP contribution in [0.4, 0.5) is 29.3 Å². The molecule has 0 radical (unpaired) electrons. The van der Waals surface area contributed by atoms with Crippen LogP contribution in [0, 0.1) is 0 Å². The van der Waals surface area contributed by atoms with Gasteiger partial charge in [0.1, 0.15) is 0 Å². The number of urea groups is 1. The molecule has 28 heavy (non-hydrogen) atoms. The Balaban J connectivity index is 1.40. The van der Waals surface area contributed by atoms with E-state index >= 15 is 0 Å². The maximum Gasteiger partial charge on any atom is 0.416 e. The molecular formula is C20H19F3N4O. The lowest BCUT2D eigenvalue weighted by molar-refractivity contribution is -0.137. The minimum Gasteiger partial charge on any atom is -0.367 e. The molecule has 5 nitrogen and oxygen atoms in total. The van der Waals surface area contributed by atoms with Crippen LogP contribution in [0.1, 0.15) is 5.56 Å². The summed E-state index contributed by atoms with van der Waals surface area (Å²) >= 11 is 0. The molecule has 0 saturated carbocycles. The van der Waals surface area contributed by atoms with Crippen molar-refractivity contribution >= 4 is 28.3 Å². The first-order valence-corrected chi connectivity index (χ1v) is 8.96. The maximum atomic E-state index is 12.8. The number of carbonyl (C=O) groups is 1. The SMILES string of the molecule is O=C(Nc1cccc(C(F)(F)F)c1)N1CCN(c2cccc3[nH]ccc23)CC1. The summed E-state index contributed by atoms with van der Waals surface area (Å²) in [4.78, 5) is 19.5. The van der Waals surface area contributed by atoms with Gasteiger partial charge in [0.25, 0.3) is 0 Å². The van der Waals surface area contributed by atoms with Crippen molar-refractivity contribution in [3.05, 3.63) is 60.3 Å². The van der Waals surface area contributed by atoms with Crippen LogP contribution in [0.25, 0.3) is 10.9 Å². The summed E-state index contributed by atoms with van der Waals surface area (Å²) in [6, 6.07) is 12.4. The fraction of sp³-hybridized carbons (Fsp3) is 0.250. The molecule has 2 heterocycles. The fourth-order valence-corrected chi connectivity index (χ4v) is 3.47. The second kappa shape index (κ2) is 7.10. The first-order valence-electron chi connectivity index (χ1n) is 8.96. The number of piperazine rings is 1. The number of carbonyl (C=O) groups excluding carboxylic acids is 1. The molecule has 1 saturated heterocycles. The Kier molecular flexibility index (Phi) is 4.62. The van der Waals surface area contributed by atoms with Crippen molar-refractivity contribution in [3.63, 3.8) is 0 Å². The number of hydrogen-bond donors (Lipinski definition) is 2. The van der Waals surface area contributed by atoms with Crippen molar-refractivity contribution in [2.75, 3.05) is 36.4 Å². The van der Waals surface area contributed by atoms with E-state index < -0.39 is 11.7 Å². The molecule has 1 aliphatic rings. The lowest BCUT2D eigenvalue weighted by atomic mass is 10.1. The number of aromatic amines is 1. The highest BCUT2D eigenvalue weighted by Gasteiger charge is 2.30. The predicted molar refractivity (Wildman–Crippen MR) is 103 cm³/mol. The number of anilines is 2. The topological polar surface area (TPSA) is 51.4 Å². The van der Waals surface area contributed by atoms with Crippen LogP contribution in [0.5, 0.6) is 0 Å². The van der Waals surface area contributed by atoms with E-state index in [-0.39, 0.29) is 11.7 Å². The van der Waals surface area contributed by atoms with E-state index in [1.165, 1.54) is 12.1 Å². The summed E-state index contributed by atoms with van der Waals surface area (Å²) < 4.78 is 38.5. The lowest BCUT2D eigenvalue weighted by Gasteiger charge is -2.36. The highest BCUT2D eigenvalue weighted by atomic mass is 19.4. The lowest BCUT2D eigenvalue weighted by Crippen LogP contribution is -2.50. The summed E-state index contributed by atoms with van der Waals surface area (Å²) in [6.45, 7) is 2.29. The molecule has 0 unspecified atom stereocenters. The molecule has 1 fully saturated rings. The van der Waals surface area contributed by atoms with Crippen molar-refractivity contribution < 1.29 is 18.0 Å². The number of aromatic nitrogens is 1. The minimum atomic E-state index is -4.44. The number of alkyl halides is 3. The number of amides is 2. The van der Waals surface area contributed by atoms with Crippen molar-refractivity contribution in [2.45, 2.75) is 6.18 Å². The van der Waals surface area contributed by atoms with E-state index in [2.05, 4.69) is 21.3 Å². The molecule has 2 aromatic carbocycles. The summed E-state index contributed by atoms with van der Waals surface area (Å²) in [7, 11) is 0. The molecule has 0 aliphatic carbocycles. The number of H-pyrrole nitrogens is 1. The van der Waals surface area contributed by atoms with Gasteiger partial charge in [-0.3, -0.25) is 0 Å². The van der Waals surface area contributed by atoms with Gasteiger partial charge in [-0.25, -0.2) is 4.79 Å². The Morgan fingerprint density at radius 1 is 1.00 bits per heavy atom. The summed E-state index contributed by atoms with van der Waals surface area (Å²) in [6.07, 6.45) is -2.54. The Morgan fingerprint density at radius 2 is 1.75 bits per heavy atom. The van der Waals surface area contributed by atoms with Gasteiger partial charge in [0.05, 0.1) is 5.56 Å². The normalized spacial score (nSPS) is 15.1. The Bertz CT molecular complexity index is 990. The standard InChI is InChI=1S/C20H19F3N4O/c21-20(22,23)14-3-1-4-15(13-14)25-19(28)27-11-9-26(10-12-27)18-6-2-5-17-16(18)7-8-24-17/h1-8,13,24H,9-12H2,(H,25,28). The number of nitrogens with zero attached hydrogens (tertiary/aromatic N) is 2. The number of hydrogen-bond acceptors (Lipinski definition) is 2. The Labute approximate surface area is 159 Å². The first-order chi connectivity index (χ1) is 13.4. The third-order valence-electron chi connectivity index (χ3n) is 4.92. The van der Waals surface area contributed by atoms with E-state index in [1.54, 1.807) is 4.90 Å². The molecule has 2 amide bonds. The molecule has 0 spiro atoms. The molecule has 4 rings (SSSR count). The van der Waals surface area contributed by atoms with Crippen LogP contribution in [0.3, 0.4) is 0 Å². The molecule has 1 aromatic heterocycles. The zero-order valence-corrected chi connectivity index (χ0v) is 15.0. The Hall–Kier alpha value is -3.16. The second-order valence-electron chi connectivity index (χ2n) is 6.70. The van der Waals surface area contributed by atoms with Crippen molar-refractivity contribution in [1.29, 1.82) is 0 Å². The quantitative estimate of drug-likeness (QED) is 0.677. The largest absolute Gasteiger partial charge is 0.416 e. The third kappa shape index (κ3) is 3.62. The van der Waals surface area contributed by atoms with E-state index in [9.17, 15) is 18.0 Å². The molecule has 146 valence electrons. The molecule has 0 bridgehead atoms. The van der Waals surface area contributed by atoms with Crippen LogP contribution in [-0.4, -0.2) is 42.1 Å². The van der Waals surface area contributed by atoms with Gasteiger partial charge in [-0.2, -0.15) is 13.2 Å². The molecule has 3 aromatic rings. The van der Waals surface area contributed by atoms with Crippen LogP contribution < -0.4 is 10.2 Å². The van der Waals surface area contributed by atoms with E-state index in [0.29, 0.717) is 26.2 Å². The van der Waals surface area contributed by atoms with Gasteiger partial charge < -0.3 is 20.1 Å². The van der Waals surface area contributed by atoms with Crippen molar-refractivity contribution in [1.82, 2.24) is 9.88 Å². The van der Waals surface area contributed by atoms with Gasteiger partial charge in [-0.05, 0) is 36.4 Å². The fourth-order valence-electron chi connectivity index (χ4n) is 3.47. The first kappa shape index (κ1) is 18.2. The maximum absolute atomic E-state index is 12.8. The van der Waals surface area contributed by atoms with Gasteiger partial charge in [0.2, 0.25) is 0 Å². The zero-order valence-electron chi connectivity index (χ0n) is 15.0. The van der Waals surface area contributed by atoms with Crippen LogP contribution in [-0.2, 0) is 6.18 Å². The zero-order chi connectivity index (χ0) is 19.7. The number of rotatable bonds is 2. The average molecular weight is 388 g/mol. The van der Waals surface area contributed by atoms with Crippen molar-refractivity contribution in [2.24, 2.45) is 0 Å². The number of halogens is 3. The van der Waals surface area contributed by atoms with Crippen LogP contribution in [0.15, 0.2) is 54.7 Å². The summed E-state index contributed by atoms with van der Waals surface area (Å²) in [5.41, 5.74) is 1.52. The predicted octanol–water partition coefficient (Wildman–Crippen LogP) is 4.54. The van der Waals surface area contributed by atoms with Crippen molar-refractivity contribution in [3.8, 4) is 0 Å². The van der Waals surface area contributed by atoms with E-state index in [0.717, 1.165) is 28.7 Å². The van der Waals surface area contributed by atoms with Gasteiger partial charge in [-0.15, -0.1) is 0 Å². The minimum absolute atomic E-state index is 0.138. The van der Waals surface area contributed by atoms with Gasteiger partial charge in [0, 0.05) is 54.7 Å². The summed E-state index contributed by atoms with van der Waals surface area (Å²) in [5, 5.41) is 3.70. The summed E-state index contributed by atoms with van der Waals surface area (Å²) in [5.74, 6) is 0. The van der Waals surface area contributed by atoms with Gasteiger partial charge in [0.15, 0.2) is 0 Å². The second-order valence-corrected chi connectivity index (χ2v) is 6.70. The average Bonchev–Trinajstić information content (AvgIpc) is 3.16. The smallest absolute Gasteiger partial charge is 0.367 e. The highest BCUT2D eigenvalue weighted by Crippen LogP contribution is 2.31. The molecule has 1 aliphatic heterocycles. The monoisotopic (exact) mass is 388 g/mol. The third-order valence-corrected chi connectivity index (χ3v) is 4.92. The highest BCUT2D eigenvalue weighted by molar-refractivity contribution is 5.93. The van der Waals surface area contributed by atoms with Gasteiger partial charge in [-0.1, -0.05) is 12.1 Å². The van der Waals surface area contributed by atoms with E-state index in [1.807, 2.05) is 24.4 Å². The molecule has 8 heteroatoms. The number of benzene rings is 2. The van der Waals surface area contributed by atoms with Crippen LogP contribution >= 0.6 is 0 Å².